The Labute approximate surface area is 218 Å². The first-order valence-corrected chi connectivity index (χ1v) is 17.9. The van der Waals surface area contributed by atoms with Crippen LogP contribution in [0.4, 0.5) is 0 Å². The Morgan fingerprint density at radius 3 is 2.32 bits per heavy atom. The molecule has 1 heterocycles. The highest BCUT2D eigenvalue weighted by Gasteiger charge is 2.22. The maximum atomic E-state index is 12.1. The van der Waals surface area contributed by atoms with E-state index in [0.29, 0.717) is 18.0 Å². The average Bonchev–Trinajstić information content (AvgIpc) is 2.83. The summed E-state index contributed by atoms with van der Waals surface area (Å²) in [5, 5.41) is 0.415. The molecule has 0 spiro atoms. The predicted octanol–water partition coefficient (Wildman–Crippen LogP) is 7.95. The number of thioether (sulfide) groups is 1. The maximum absolute atomic E-state index is 12.1. The van der Waals surface area contributed by atoms with Crippen molar-refractivity contribution in [2.45, 2.75) is 141 Å². The van der Waals surface area contributed by atoms with Crippen LogP contribution in [0.1, 0.15) is 123 Å². The van der Waals surface area contributed by atoms with Crippen LogP contribution < -0.4 is 0 Å². The summed E-state index contributed by atoms with van der Waals surface area (Å²) >= 11 is 1.59. The number of hydrogen-bond acceptors (Lipinski definition) is 5. The lowest BCUT2D eigenvalue weighted by Gasteiger charge is -2.32. The molecule has 0 saturated carbocycles. The molecule has 0 aromatic rings. The fourth-order valence-electron chi connectivity index (χ4n) is 4.82. The van der Waals surface area contributed by atoms with E-state index in [4.69, 9.17) is 9.47 Å². The lowest BCUT2D eigenvalue weighted by atomic mass is 10.1. The highest BCUT2D eigenvalue weighted by Crippen LogP contribution is 2.21. The number of unbranched alkanes of at least 4 members (excludes halogenated alkanes) is 10. The number of carbonyl (C=O) groups excluding carboxylic acids is 1. The third-order valence-corrected chi connectivity index (χ3v) is 11.9. The molecule has 0 N–H and O–H groups in total. The summed E-state index contributed by atoms with van der Waals surface area (Å²) < 4.78 is 14.5. The number of carbonyl (C=O) groups is 1. The minimum Gasteiger partial charge on any atom is -0.355 e. The summed E-state index contributed by atoms with van der Waals surface area (Å²) in [7, 11) is 1.47. The highest BCUT2D eigenvalue weighted by molar-refractivity contribution is 8.13. The number of rotatable bonds is 21. The van der Waals surface area contributed by atoms with Crippen LogP contribution in [0.2, 0.25) is 12.1 Å². The first-order chi connectivity index (χ1) is 16.7. The Bertz CT molecular complexity index is 469. The summed E-state index contributed by atoms with van der Waals surface area (Å²) in [4.78, 5) is 12.1. The van der Waals surface area contributed by atoms with Gasteiger partial charge in [0, 0.05) is 18.8 Å². The molecule has 1 saturated heterocycles. The highest BCUT2D eigenvalue weighted by atomic mass is 32.2. The quantitative estimate of drug-likeness (QED) is 0.0881. The third-order valence-electron chi connectivity index (χ3n) is 7.20. The molecule has 2 atom stereocenters. The minimum atomic E-state index is -0.856. The topological polar surface area (TPSA) is 38.8 Å². The molecule has 202 valence electrons. The lowest BCUT2D eigenvalue weighted by Crippen LogP contribution is -2.40. The van der Waals surface area contributed by atoms with Crippen LogP contribution in [0.15, 0.2) is 0 Å². The van der Waals surface area contributed by atoms with Crippen molar-refractivity contribution in [3.8, 4) is 0 Å². The van der Waals surface area contributed by atoms with Crippen LogP contribution in [-0.4, -0.2) is 57.5 Å². The molecule has 0 amide bonds. The molecule has 1 aliphatic heterocycles. The zero-order chi connectivity index (χ0) is 24.7. The van der Waals surface area contributed by atoms with Gasteiger partial charge in [0.05, 0.1) is 6.10 Å². The molecule has 0 aliphatic carbocycles. The molecule has 1 rings (SSSR count). The normalized spacial score (nSPS) is 19.7. The van der Waals surface area contributed by atoms with E-state index in [2.05, 4.69) is 25.5 Å². The standard InChI is InChI=1S/C28H57NO3SSi/c1-4-6-8-10-11-13-15-22-31-26-32-27-18-16-24-34(29(3)21-20-27)25-17-23-33-28(30)19-14-12-9-7-5-2/h27,34H,4-26H2,1-3H3. The predicted molar refractivity (Wildman–Crippen MR) is 152 cm³/mol. The van der Waals surface area contributed by atoms with Crippen molar-refractivity contribution in [2.24, 2.45) is 0 Å². The van der Waals surface area contributed by atoms with Crippen LogP contribution >= 0.6 is 11.8 Å². The van der Waals surface area contributed by atoms with Crippen molar-refractivity contribution in [3.05, 3.63) is 0 Å². The van der Waals surface area contributed by atoms with Gasteiger partial charge in [-0.05, 0) is 57.8 Å². The van der Waals surface area contributed by atoms with Gasteiger partial charge in [-0.1, -0.05) is 96.2 Å². The monoisotopic (exact) mass is 515 g/mol. The van der Waals surface area contributed by atoms with Gasteiger partial charge in [0.15, 0.2) is 5.12 Å². The summed E-state index contributed by atoms with van der Waals surface area (Å²) in [5.41, 5.74) is 0. The fourth-order valence-corrected chi connectivity index (χ4v) is 9.01. The molecular weight excluding hydrogens is 458 g/mol. The van der Waals surface area contributed by atoms with E-state index in [1.54, 1.807) is 11.8 Å². The van der Waals surface area contributed by atoms with Gasteiger partial charge in [-0.15, -0.1) is 0 Å². The van der Waals surface area contributed by atoms with E-state index >= 15 is 0 Å². The van der Waals surface area contributed by atoms with Crippen LogP contribution in [0.3, 0.4) is 0 Å². The van der Waals surface area contributed by atoms with Gasteiger partial charge in [-0.2, -0.15) is 0 Å². The largest absolute Gasteiger partial charge is 0.355 e. The molecule has 0 aromatic heterocycles. The molecule has 6 heteroatoms. The molecule has 1 aliphatic rings. The molecule has 4 nitrogen and oxygen atoms in total. The van der Waals surface area contributed by atoms with Crippen molar-refractivity contribution < 1.29 is 14.3 Å². The van der Waals surface area contributed by atoms with Gasteiger partial charge in [-0.3, -0.25) is 4.79 Å². The molecule has 2 unspecified atom stereocenters. The Balaban J connectivity index is 2.02. The summed E-state index contributed by atoms with van der Waals surface area (Å²) in [6, 6.07) is 2.73. The van der Waals surface area contributed by atoms with E-state index in [-0.39, 0.29) is 0 Å². The molecule has 1 fully saturated rings. The molecule has 0 radical (unpaired) electrons. The van der Waals surface area contributed by atoms with Gasteiger partial charge in [-0.25, -0.2) is 0 Å². The van der Waals surface area contributed by atoms with Gasteiger partial charge in [0.25, 0.3) is 0 Å². The Morgan fingerprint density at radius 1 is 0.912 bits per heavy atom. The first kappa shape index (κ1) is 32.1. The summed E-state index contributed by atoms with van der Waals surface area (Å²) in [6.45, 7) is 6.97. The zero-order valence-electron chi connectivity index (χ0n) is 23.0. The summed E-state index contributed by atoms with van der Waals surface area (Å²) in [5.74, 6) is 1.02. The van der Waals surface area contributed by atoms with Crippen molar-refractivity contribution in [3.63, 3.8) is 0 Å². The van der Waals surface area contributed by atoms with Crippen LogP contribution in [0.25, 0.3) is 0 Å². The Morgan fingerprint density at radius 2 is 1.59 bits per heavy atom. The fraction of sp³-hybridized carbons (Fsp3) is 0.964. The van der Waals surface area contributed by atoms with Crippen LogP contribution in [-0.2, 0) is 14.3 Å². The second-order valence-corrected chi connectivity index (χ2v) is 14.8. The number of ether oxygens (including phenoxy) is 2. The number of nitrogens with zero attached hydrogens (tertiary/aromatic N) is 1. The van der Waals surface area contributed by atoms with Gasteiger partial charge in [0.2, 0.25) is 0 Å². The number of hydrogen-bond donors (Lipinski definition) is 0. The zero-order valence-corrected chi connectivity index (χ0v) is 25.0. The maximum Gasteiger partial charge on any atom is 0.188 e. The lowest BCUT2D eigenvalue weighted by molar-refractivity contribution is -0.111. The SMILES string of the molecule is CCCCCCCCCOCOC1CCC[SiH](CCCSC(=O)CCCCCCC)N(C)CC1. The van der Waals surface area contributed by atoms with E-state index in [0.717, 1.165) is 38.2 Å². The summed E-state index contributed by atoms with van der Waals surface area (Å²) in [6.07, 6.45) is 21.4. The third kappa shape index (κ3) is 18.4. The van der Waals surface area contributed by atoms with Gasteiger partial charge in [0.1, 0.15) is 15.8 Å². The van der Waals surface area contributed by atoms with Gasteiger partial charge >= 0.3 is 0 Å². The van der Waals surface area contributed by atoms with Crippen molar-refractivity contribution in [1.29, 1.82) is 0 Å². The molecule has 0 bridgehead atoms. The average molecular weight is 516 g/mol. The molecular formula is C28H57NO3SSi. The minimum absolute atomic E-state index is 0.358. The second-order valence-electron chi connectivity index (χ2n) is 10.3. The van der Waals surface area contributed by atoms with Crippen LogP contribution in [0, 0.1) is 0 Å². The van der Waals surface area contributed by atoms with E-state index < -0.39 is 8.96 Å². The van der Waals surface area contributed by atoms with Gasteiger partial charge < -0.3 is 14.0 Å². The van der Waals surface area contributed by atoms with E-state index in [1.165, 1.54) is 102 Å². The Kier molecular flexibility index (Phi) is 22.2. The smallest absolute Gasteiger partial charge is 0.188 e. The second kappa shape index (κ2) is 23.5. The van der Waals surface area contributed by atoms with Crippen molar-refractivity contribution in [1.82, 2.24) is 4.57 Å². The Hall–Kier alpha value is 0.117. The molecule has 34 heavy (non-hydrogen) atoms. The van der Waals surface area contributed by atoms with Crippen molar-refractivity contribution in [2.75, 3.05) is 32.7 Å². The van der Waals surface area contributed by atoms with Crippen LogP contribution in [0.5, 0.6) is 0 Å². The van der Waals surface area contributed by atoms with E-state index in [9.17, 15) is 4.79 Å². The van der Waals surface area contributed by atoms with Crippen molar-refractivity contribution >= 4 is 25.8 Å². The van der Waals surface area contributed by atoms with E-state index in [1.807, 2.05) is 0 Å². The first-order valence-electron chi connectivity index (χ1n) is 14.7. The molecule has 0 aromatic carbocycles.